The summed E-state index contributed by atoms with van der Waals surface area (Å²) >= 11 is 1.29. The fourth-order valence-electron chi connectivity index (χ4n) is 4.82. The topological polar surface area (TPSA) is 87.0 Å². The van der Waals surface area contributed by atoms with Gasteiger partial charge in [-0.25, -0.2) is 4.79 Å². The highest BCUT2D eigenvalue weighted by Crippen LogP contribution is 2.42. The fourth-order valence-corrected chi connectivity index (χ4v) is 5.83. The molecular weight excluding hydrogens is 436 g/mol. The Hall–Kier alpha value is -2.15. The molecule has 3 N–H and O–H groups in total. The molecule has 1 aliphatic carbocycles. The largest absolute Gasteiger partial charge is 0.496 e. The molecule has 1 aromatic carbocycles. The number of ether oxygens (including phenoxy) is 1. The molecule has 1 unspecified atom stereocenters. The molecule has 0 saturated carbocycles. The molecule has 0 fully saturated rings. The molecule has 0 saturated heterocycles. The predicted molar refractivity (Wildman–Crippen MR) is 133 cm³/mol. The van der Waals surface area contributed by atoms with E-state index in [-0.39, 0.29) is 6.61 Å². The molecule has 1 heterocycles. The Morgan fingerprint density at radius 3 is 2.61 bits per heavy atom. The molecule has 5 nitrogen and oxygen atoms in total. The summed E-state index contributed by atoms with van der Waals surface area (Å²) in [5, 5.41) is 29.6. The van der Waals surface area contributed by atoms with Gasteiger partial charge >= 0.3 is 5.97 Å². The number of hydrogen-bond donors (Lipinski definition) is 3. The minimum atomic E-state index is -0.919. The van der Waals surface area contributed by atoms with Crippen molar-refractivity contribution in [2.45, 2.75) is 70.8 Å². The number of benzene rings is 1. The van der Waals surface area contributed by atoms with E-state index >= 15 is 0 Å². The number of unbranched alkanes of at least 4 members (excludes halogenated alkanes) is 2. The van der Waals surface area contributed by atoms with Crippen molar-refractivity contribution >= 4 is 22.9 Å². The lowest BCUT2D eigenvalue weighted by Crippen LogP contribution is -2.03. The molecule has 0 amide bonds. The third-order valence-corrected chi connectivity index (χ3v) is 7.78. The molecular formula is C27H36O5S. The van der Waals surface area contributed by atoms with Crippen molar-refractivity contribution in [2.75, 3.05) is 13.7 Å². The van der Waals surface area contributed by atoms with Crippen molar-refractivity contribution in [3.63, 3.8) is 0 Å². The van der Waals surface area contributed by atoms with Crippen LogP contribution in [0.4, 0.5) is 0 Å². The number of thiophene rings is 1. The Morgan fingerprint density at radius 2 is 1.97 bits per heavy atom. The van der Waals surface area contributed by atoms with Gasteiger partial charge in [0.2, 0.25) is 0 Å². The van der Waals surface area contributed by atoms with Crippen LogP contribution in [-0.2, 0) is 6.42 Å². The maximum Gasteiger partial charge on any atom is 0.346 e. The van der Waals surface area contributed by atoms with E-state index in [0.717, 1.165) is 79.4 Å². The summed E-state index contributed by atoms with van der Waals surface area (Å²) in [6, 6.07) is 9.82. The van der Waals surface area contributed by atoms with Crippen molar-refractivity contribution in [3.05, 3.63) is 56.8 Å². The maximum absolute atomic E-state index is 11.3. The summed E-state index contributed by atoms with van der Waals surface area (Å²) < 4.78 is 5.37. The highest BCUT2D eigenvalue weighted by molar-refractivity contribution is 7.14. The van der Waals surface area contributed by atoms with E-state index < -0.39 is 12.1 Å². The summed E-state index contributed by atoms with van der Waals surface area (Å²) in [4.78, 5) is 12.6. The van der Waals surface area contributed by atoms with Crippen LogP contribution in [0.5, 0.6) is 5.75 Å². The van der Waals surface area contributed by atoms with E-state index in [2.05, 4.69) is 19.1 Å². The molecule has 0 bridgehead atoms. The molecule has 2 aromatic rings. The average molecular weight is 473 g/mol. The Labute approximate surface area is 200 Å². The van der Waals surface area contributed by atoms with Crippen LogP contribution in [0.2, 0.25) is 0 Å². The molecule has 0 radical (unpaired) electrons. The molecule has 6 heteroatoms. The van der Waals surface area contributed by atoms with E-state index in [1.54, 1.807) is 13.2 Å². The van der Waals surface area contributed by atoms with Gasteiger partial charge in [0.1, 0.15) is 10.6 Å². The Kier molecular flexibility index (Phi) is 9.53. The van der Waals surface area contributed by atoms with E-state index in [4.69, 9.17) is 4.74 Å². The standard InChI is InChI=1S/C27H36O5S/c1-3-4-5-8-22(29)18-10-12-20(13-11-18)26-19(14-15-21(26)17-28)7-6-9-24-23(32-2)16-25(33-24)27(30)31/h10-13,16,19,22,28-29H,3-9,14-15,17H2,1-2H3,(H,30,31)/t19-,22?/m0/s1. The zero-order valence-electron chi connectivity index (χ0n) is 19.7. The molecule has 1 aromatic heterocycles. The average Bonchev–Trinajstić information content (AvgIpc) is 3.43. The van der Waals surface area contributed by atoms with Gasteiger partial charge in [-0.1, -0.05) is 50.5 Å². The van der Waals surface area contributed by atoms with Gasteiger partial charge in [-0.15, -0.1) is 11.3 Å². The number of carboxylic acids is 1. The lowest BCUT2D eigenvalue weighted by molar-refractivity contribution is 0.0702. The number of carboxylic acid groups (broad SMARTS) is 1. The minimum absolute atomic E-state index is 0.0773. The highest BCUT2D eigenvalue weighted by Gasteiger charge is 2.26. The van der Waals surface area contributed by atoms with Crippen molar-refractivity contribution < 1.29 is 24.9 Å². The number of methoxy groups -OCH3 is 1. The van der Waals surface area contributed by atoms with E-state index in [1.807, 2.05) is 12.1 Å². The second-order valence-corrected chi connectivity index (χ2v) is 9.98. The third kappa shape index (κ3) is 6.46. The first-order valence-corrected chi connectivity index (χ1v) is 12.8. The summed E-state index contributed by atoms with van der Waals surface area (Å²) in [6.45, 7) is 2.24. The van der Waals surface area contributed by atoms with Crippen LogP contribution in [0, 0.1) is 5.92 Å². The Balaban J connectivity index is 1.66. The summed E-state index contributed by atoms with van der Waals surface area (Å²) in [5.41, 5.74) is 4.44. The van der Waals surface area contributed by atoms with Gasteiger partial charge in [-0.2, -0.15) is 0 Å². The molecule has 0 aliphatic heterocycles. The van der Waals surface area contributed by atoms with E-state index in [9.17, 15) is 20.1 Å². The van der Waals surface area contributed by atoms with Gasteiger partial charge in [0.05, 0.1) is 19.8 Å². The smallest absolute Gasteiger partial charge is 0.346 e. The lowest BCUT2D eigenvalue weighted by Gasteiger charge is -2.18. The van der Waals surface area contributed by atoms with Gasteiger partial charge in [0.15, 0.2) is 0 Å². The van der Waals surface area contributed by atoms with Gasteiger partial charge in [0, 0.05) is 10.9 Å². The van der Waals surface area contributed by atoms with Crippen molar-refractivity contribution in [2.24, 2.45) is 5.92 Å². The maximum atomic E-state index is 11.3. The second kappa shape index (κ2) is 12.4. The van der Waals surface area contributed by atoms with Crippen LogP contribution in [0.3, 0.4) is 0 Å². The fraction of sp³-hybridized carbons (Fsp3) is 0.519. The normalized spacial score (nSPS) is 16.9. The van der Waals surface area contributed by atoms with Gasteiger partial charge in [-0.3, -0.25) is 0 Å². The first-order chi connectivity index (χ1) is 16.0. The minimum Gasteiger partial charge on any atom is -0.496 e. The first kappa shape index (κ1) is 25.5. The molecule has 33 heavy (non-hydrogen) atoms. The first-order valence-electron chi connectivity index (χ1n) is 12.0. The summed E-state index contributed by atoms with van der Waals surface area (Å²) in [5.74, 6) is 0.109. The number of aliphatic hydroxyl groups excluding tert-OH is 2. The monoisotopic (exact) mass is 472 g/mol. The number of aromatic carboxylic acids is 1. The highest BCUT2D eigenvalue weighted by atomic mass is 32.1. The second-order valence-electron chi connectivity index (χ2n) is 8.84. The predicted octanol–water partition coefficient (Wildman–Crippen LogP) is 6.25. The van der Waals surface area contributed by atoms with Crippen LogP contribution in [0.15, 0.2) is 35.9 Å². The summed E-state index contributed by atoms with van der Waals surface area (Å²) in [7, 11) is 1.58. The van der Waals surface area contributed by atoms with Crippen molar-refractivity contribution in [3.8, 4) is 5.75 Å². The summed E-state index contributed by atoms with van der Waals surface area (Å²) in [6.07, 6.45) is 8.29. The van der Waals surface area contributed by atoms with Gasteiger partial charge < -0.3 is 20.1 Å². The molecule has 0 spiro atoms. The number of aliphatic hydroxyl groups is 2. The van der Waals surface area contributed by atoms with Crippen LogP contribution in [-0.4, -0.2) is 35.0 Å². The Morgan fingerprint density at radius 1 is 1.21 bits per heavy atom. The zero-order valence-corrected chi connectivity index (χ0v) is 20.5. The zero-order chi connectivity index (χ0) is 23.8. The molecule has 1 aliphatic rings. The molecule has 180 valence electrons. The number of rotatable bonds is 13. The molecule has 3 rings (SSSR count). The number of allylic oxidation sites excluding steroid dienone is 1. The van der Waals surface area contributed by atoms with Crippen LogP contribution in [0.1, 0.15) is 90.1 Å². The van der Waals surface area contributed by atoms with Crippen molar-refractivity contribution in [1.82, 2.24) is 0 Å². The van der Waals surface area contributed by atoms with Crippen molar-refractivity contribution in [1.29, 1.82) is 0 Å². The molecule has 2 atom stereocenters. The SMILES string of the molecule is CCCCCC(O)c1ccc(C2=C(CO)CC[C@@H]2CCCc2sc(C(=O)O)cc2OC)cc1. The number of carbonyl (C=O) groups is 1. The van der Waals surface area contributed by atoms with E-state index in [1.165, 1.54) is 16.9 Å². The number of aryl methyl sites for hydroxylation is 1. The van der Waals surface area contributed by atoms with Gasteiger partial charge in [-0.05, 0) is 66.7 Å². The van der Waals surface area contributed by atoms with Crippen LogP contribution in [0.25, 0.3) is 5.57 Å². The Bertz CT molecular complexity index is 944. The van der Waals surface area contributed by atoms with Gasteiger partial charge in [0.25, 0.3) is 0 Å². The van der Waals surface area contributed by atoms with E-state index in [0.29, 0.717) is 16.5 Å². The lowest BCUT2D eigenvalue weighted by atomic mass is 9.88. The quantitative estimate of drug-likeness (QED) is 0.300. The van der Waals surface area contributed by atoms with Crippen LogP contribution >= 0.6 is 11.3 Å². The third-order valence-electron chi connectivity index (χ3n) is 6.62. The number of hydrogen-bond acceptors (Lipinski definition) is 5. The van der Waals surface area contributed by atoms with Crippen LogP contribution < -0.4 is 4.74 Å².